The third-order valence-electron chi connectivity index (χ3n) is 21.4. The van der Waals surface area contributed by atoms with Crippen LogP contribution in [0.4, 0.5) is 51.2 Å². The monoisotopic (exact) mass is 1510 g/mol. The maximum absolute atomic E-state index is 13.7. The number of carboxylic acid groups (broad SMARTS) is 1. The number of benzene rings is 12. The van der Waals surface area contributed by atoms with Gasteiger partial charge in [0.1, 0.15) is 5.60 Å². The first-order valence-electron chi connectivity index (χ1n) is 38.1. The third-order valence-corrected chi connectivity index (χ3v) is 21.4. The normalized spacial score (nSPS) is 19.0. The molecule has 0 fully saturated rings. The van der Waals surface area contributed by atoms with Crippen molar-refractivity contribution in [2.24, 2.45) is 35.5 Å². The van der Waals surface area contributed by atoms with Crippen LogP contribution >= 0.6 is 12.4 Å². The number of anilines is 9. The fraction of sp³-hybridized carbons (Fsp3) is 0.118. The van der Waals surface area contributed by atoms with Gasteiger partial charge >= 0.3 is 18.9 Å². The van der Waals surface area contributed by atoms with Crippen molar-refractivity contribution in [3.8, 4) is 0 Å². The summed E-state index contributed by atoms with van der Waals surface area (Å²) >= 11 is 0. The van der Waals surface area contributed by atoms with E-state index in [2.05, 4.69) is 235 Å². The Morgan fingerprint density at radius 1 is 0.360 bits per heavy atom. The first kappa shape index (κ1) is 81.0. The van der Waals surface area contributed by atoms with E-state index < -0.39 is 28.8 Å². The predicted molar refractivity (Wildman–Crippen MR) is 460 cm³/mol. The number of para-hydroxylation sites is 9. The van der Waals surface area contributed by atoms with Gasteiger partial charge in [-0.2, -0.15) is 6.42 Å². The molecule has 7 unspecified atom stereocenters. The molecule has 2 N–H and O–H groups in total. The number of ketones is 4. The standard InChI is InChI=1S/C32H25NO2.C32H23NO.C18H15N.C14H10O2.C4H9.C2H4O2.ClH.Li/c34-31-25-17-7-9-19-27(25)32(35,28-20-10-8-18-26(28)31)29-21-11-12-22-30(29)33(23-13-3-1-4-14-23)24-15-5-2-6-16-24;34-31-23-14-4-6-16-25(23)32(26-17-7-5-15-24(26)31)27-18-8-10-20-29(27)33(22-12-2-1-3-13-22)30-21-11-9-19-28(30)32;1-4-10-16(11-5-1)19(17-12-6-2-7-13-17)18-14-8-3-9-15-18;15-13-9-5-1-2-6-10(9)14(16)12-8-4-3-7-11(12)13;1-3-4-2;1-2(3)4;;/h1-22,25,27,35H;1-21,23,25H;1-15H;1-10H;1,3-4H2,2H3;1H3,(H,3,4);1H;/q;;;;-1;;;+1. The molecule has 0 bridgehead atoms. The van der Waals surface area contributed by atoms with Crippen LogP contribution in [-0.4, -0.2) is 39.3 Å². The van der Waals surface area contributed by atoms with E-state index in [0.717, 1.165) is 52.8 Å². The van der Waals surface area contributed by atoms with Gasteiger partial charge in [-0.3, -0.25) is 24.0 Å². The van der Waals surface area contributed by atoms with Crippen molar-refractivity contribution in [2.45, 2.75) is 37.7 Å². The second-order valence-electron chi connectivity index (χ2n) is 28.1. The first-order valence-corrected chi connectivity index (χ1v) is 38.1. The molecule has 114 heavy (non-hydrogen) atoms. The number of aliphatic hydroxyl groups is 1. The van der Waals surface area contributed by atoms with E-state index in [9.17, 15) is 24.3 Å². The molecule has 1 spiro atoms. The van der Waals surface area contributed by atoms with Gasteiger partial charge in [0.05, 0.1) is 40.2 Å². The molecular formula is C102H87ClLiN3O7. The summed E-state index contributed by atoms with van der Waals surface area (Å²) in [5, 5.41) is 20.2. The van der Waals surface area contributed by atoms with Crippen molar-refractivity contribution in [1.82, 2.24) is 0 Å². The molecule has 1 aliphatic heterocycles. The molecule has 6 aliphatic carbocycles. The van der Waals surface area contributed by atoms with Crippen LogP contribution in [0.25, 0.3) is 0 Å². The number of allylic oxidation sites excluding steroid dienone is 11. The Morgan fingerprint density at radius 2 is 0.640 bits per heavy atom. The van der Waals surface area contributed by atoms with E-state index >= 15 is 0 Å². The summed E-state index contributed by atoms with van der Waals surface area (Å²) in [4.78, 5) is 67.2. The zero-order valence-electron chi connectivity index (χ0n) is 63.9. The minimum absolute atomic E-state index is 0. The van der Waals surface area contributed by atoms with Gasteiger partial charge in [0, 0.05) is 86.6 Å². The Hall–Kier alpha value is -12.5. The van der Waals surface area contributed by atoms with Crippen LogP contribution < -0.4 is 33.6 Å². The van der Waals surface area contributed by atoms with Crippen LogP contribution in [0.5, 0.6) is 0 Å². The summed E-state index contributed by atoms with van der Waals surface area (Å²) in [7, 11) is 0. The molecule has 12 aromatic carbocycles. The molecule has 1 heterocycles. The summed E-state index contributed by atoms with van der Waals surface area (Å²) in [5.41, 5.74) is 15.5. The average Bonchev–Trinajstić information content (AvgIpc) is 0.680. The van der Waals surface area contributed by atoms with E-state index in [0.29, 0.717) is 22.3 Å². The topological polar surface area (TPSA) is 136 Å². The van der Waals surface area contributed by atoms with Crippen molar-refractivity contribution in [2.75, 3.05) is 14.7 Å². The van der Waals surface area contributed by atoms with Gasteiger partial charge in [-0.1, -0.05) is 323 Å². The molecule has 10 nitrogen and oxygen atoms in total. The Bertz CT molecular complexity index is 5320. The molecule has 560 valence electrons. The minimum Gasteiger partial charge on any atom is -0.481 e. The maximum Gasteiger partial charge on any atom is 1.00 e. The zero-order chi connectivity index (χ0) is 77.6. The van der Waals surface area contributed by atoms with E-state index in [1.165, 1.54) is 46.0 Å². The van der Waals surface area contributed by atoms with Crippen LogP contribution in [0.3, 0.4) is 0 Å². The predicted octanol–water partition coefficient (Wildman–Crippen LogP) is 21.0. The number of rotatable bonds is 9. The number of aliphatic carboxylic acids is 1. The van der Waals surface area contributed by atoms with Crippen LogP contribution in [-0.2, 0) is 15.8 Å². The molecule has 0 amide bonds. The fourth-order valence-electron chi connectivity index (χ4n) is 16.6. The summed E-state index contributed by atoms with van der Waals surface area (Å²) < 4.78 is 0. The van der Waals surface area contributed by atoms with Gasteiger partial charge in [0.25, 0.3) is 5.97 Å². The van der Waals surface area contributed by atoms with E-state index in [1.54, 1.807) is 24.3 Å². The number of hydrogen-bond acceptors (Lipinski definition) is 9. The van der Waals surface area contributed by atoms with Crippen molar-refractivity contribution in [1.29, 1.82) is 0 Å². The Balaban J connectivity index is 0.000000141. The number of carbonyl (C=O) groups excluding carboxylic acids is 4. The zero-order valence-corrected chi connectivity index (χ0v) is 64.7. The summed E-state index contributed by atoms with van der Waals surface area (Å²) in [6.45, 7) is 6.81. The number of carboxylic acids is 1. The minimum atomic E-state index is -1.39. The molecule has 12 heteroatoms. The molecular weight excluding hydrogens is 1420 g/mol. The second-order valence-corrected chi connectivity index (χ2v) is 28.1. The second kappa shape index (κ2) is 37.2. The van der Waals surface area contributed by atoms with Crippen molar-refractivity contribution in [3.63, 3.8) is 0 Å². The molecule has 0 aromatic heterocycles. The van der Waals surface area contributed by atoms with Gasteiger partial charge in [0.2, 0.25) is 0 Å². The van der Waals surface area contributed by atoms with Crippen LogP contribution in [0, 0.1) is 42.4 Å². The van der Waals surface area contributed by atoms with Gasteiger partial charge in [0.15, 0.2) is 23.1 Å². The maximum atomic E-state index is 13.7. The SMILES string of the molecule is CC(=O)O.Cl.O=C1c2ccccc2C(=O)C2C=CC=CC12.O=C1c2ccccc2C(O)(c2ccccc2N(c2ccccc2)c2ccccc2)C2C=CC=CC12.O=C1c2ccccc2C2(c3ccccc3N(c3ccccc3)c3ccccc32)C2C=CC=CC12.[CH2-]CCC.[Li+].c1ccc(N(c2ccccc2)c2ccccc2)cc1. The Kier molecular flexibility index (Phi) is 26.4. The molecule has 0 radical (unpaired) electrons. The number of hydrogen-bond donors (Lipinski definition) is 2. The first-order chi connectivity index (χ1) is 54.9. The number of nitrogens with zero attached hydrogens (tertiary/aromatic N) is 3. The molecule has 7 aliphatic rings. The molecule has 0 saturated carbocycles. The smallest absolute Gasteiger partial charge is 0.481 e. The van der Waals surface area contributed by atoms with Crippen molar-refractivity contribution < 1.29 is 53.0 Å². The number of Topliss-reactive ketones (excluding diaryl/α,β-unsaturated/α-hetero) is 4. The van der Waals surface area contributed by atoms with Gasteiger partial charge < -0.3 is 31.8 Å². The van der Waals surface area contributed by atoms with Crippen LogP contribution in [0.15, 0.2) is 400 Å². The van der Waals surface area contributed by atoms with E-state index in [4.69, 9.17) is 9.90 Å². The largest absolute Gasteiger partial charge is 1.00 e. The summed E-state index contributed by atoms with van der Waals surface area (Å²) in [6.07, 6.45) is 25.8. The fourth-order valence-corrected chi connectivity index (χ4v) is 16.6. The summed E-state index contributed by atoms with van der Waals surface area (Å²) in [5.74, 6) is -2.08. The number of fused-ring (bicyclic) bond motifs is 12. The van der Waals surface area contributed by atoms with E-state index in [-0.39, 0.29) is 78.1 Å². The number of unbranched alkanes of at least 4 members (excludes halogenated alkanes) is 1. The number of halogens is 1. The average molecular weight is 1510 g/mol. The van der Waals surface area contributed by atoms with Gasteiger partial charge in [-0.15, -0.1) is 12.4 Å². The van der Waals surface area contributed by atoms with Crippen LogP contribution in [0.1, 0.15) is 95.9 Å². The summed E-state index contributed by atoms with van der Waals surface area (Å²) in [6, 6.07) is 110. The number of carbonyl (C=O) groups is 5. The van der Waals surface area contributed by atoms with Gasteiger partial charge in [-0.25, -0.2) is 0 Å². The third kappa shape index (κ3) is 16.0. The Labute approximate surface area is 686 Å². The van der Waals surface area contributed by atoms with Crippen molar-refractivity contribution >= 4 is 92.7 Å². The van der Waals surface area contributed by atoms with Gasteiger partial charge in [-0.05, 0) is 113 Å². The molecule has 19 rings (SSSR count). The van der Waals surface area contributed by atoms with Crippen LogP contribution in [0.2, 0.25) is 0 Å². The molecule has 12 aromatic rings. The Morgan fingerprint density at radius 3 is 1.05 bits per heavy atom. The van der Waals surface area contributed by atoms with E-state index in [1.807, 2.05) is 170 Å². The van der Waals surface area contributed by atoms with Crippen molar-refractivity contribution in [3.05, 3.63) is 457 Å². The molecule has 7 atom stereocenters. The quantitative estimate of drug-likeness (QED) is 0.106. The molecule has 0 saturated heterocycles.